The SMILES string of the molecule is COc1nc(CC#N)cs1. The molecule has 0 amide bonds. The van der Waals surface area contributed by atoms with Crippen molar-refractivity contribution >= 4 is 11.3 Å². The third-order valence-electron chi connectivity index (χ3n) is 0.965. The van der Waals surface area contributed by atoms with Gasteiger partial charge in [-0.1, -0.05) is 11.3 Å². The lowest BCUT2D eigenvalue weighted by Crippen LogP contribution is -1.83. The van der Waals surface area contributed by atoms with Crippen LogP contribution in [0.5, 0.6) is 5.19 Å². The smallest absolute Gasteiger partial charge is 0.273 e. The molecule has 1 aromatic rings. The van der Waals surface area contributed by atoms with Crippen molar-refractivity contribution in [1.29, 1.82) is 5.26 Å². The van der Waals surface area contributed by atoms with Gasteiger partial charge < -0.3 is 4.74 Å². The summed E-state index contributed by atoms with van der Waals surface area (Å²) in [5.41, 5.74) is 0.782. The van der Waals surface area contributed by atoms with Crippen LogP contribution >= 0.6 is 11.3 Å². The zero-order chi connectivity index (χ0) is 7.40. The highest BCUT2D eigenvalue weighted by Crippen LogP contribution is 2.16. The van der Waals surface area contributed by atoms with Gasteiger partial charge in [0.05, 0.1) is 25.3 Å². The summed E-state index contributed by atoms with van der Waals surface area (Å²) >= 11 is 1.41. The standard InChI is InChI=1S/C6H6N2OS/c1-9-6-8-5(2-3-7)4-10-6/h4H,2H2,1H3. The van der Waals surface area contributed by atoms with Gasteiger partial charge in [-0.3, -0.25) is 0 Å². The number of thiazole rings is 1. The molecular weight excluding hydrogens is 148 g/mol. The summed E-state index contributed by atoms with van der Waals surface area (Å²) in [7, 11) is 1.56. The summed E-state index contributed by atoms with van der Waals surface area (Å²) < 4.78 is 4.84. The zero-order valence-corrected chi connectivity index (χ0v) is 6.31. The normalized spacial score (nSPS) is 8.80. The van der Waals surface area contributed by atoms with E-state index in [-0.39, 0.29) is 0 Å². The third kappa shape index (κ3) is 1.45. The molecule has 1 rings (SSSR count). The molecule has 0 unspecified atom stereocenters. The molecule has 0 spiro atoms. The van der Waals surface area contributed by atoms with Crippen LogP contribution in [-0.4, -0.2) is 12.1 Å². The second kappa shape index (κ2) is 3.18. The lowest BCUT2D eigenvalue weighted by atomic mass is 10.4. The molecule has 3 nitrogen and oxygen atoms in total. The van der Waals surface area contributed by atoms with Gasteiger partial charge in [0.2, 0.25) is 0 Å². The van der Waals surface area contributed by atoms with Crippen LogP contribution in [0.2, 0.25) is 0 Å². The van der Waals surface area contributed by atoms with Crippen LogP contribution in [0.4, 0.5) is 0 Å². The topological polar surface area (TPSA) is 45.9 Å². The van der Waals surface area contributed by atoms with E-state index in [0.29, 0.717) is 11.6 Å². The van der Waals surface area contributed by atoms with E-state index < -0.39 is 0 Å². The van der Waals surface area contributed by atoms with Crippen LogP contribution in [0, 0.1) is 11.3 Å². The van der Waals surface area contributed by atoms with E-state index in [9.17, 15) is 0 Å². The van der Waals surface area contributed by atoms with Gasteiger partial charge in [-0.2, -0.15) is 5.26 Å². The molecule has 0 aromatic carbocycles. The van der Waals surface area contributed by atoms with Crippen molar-refractivity contribution in [2.75, 3.05) is 7.11 Å². The Kier molecular flexibility index (Phi) is 2.24. The highest BCUT2D eigenvalue weighted by molar-refractivity contribution is 7.11. The van der Waals surface area contributed by atoms with E-state index in [1.54, 1.807) is 7.11 Å². The number of rotatable bonds is 2. The lowest BCUT2D eigenvalue weighted by molar-refractivity contribution is 0.411. The van der Waals surface area contributed by atoms with Gasteiger partial charge in [-0.25, -0.2) is 4.98 Å². The predicted octanol–water partition coefficient (Wildman–Crippen LogP) is 1.22. The molecule has 0 saturated heterocycles. The van der Waals surface area contributed by atoms with Crippen LogP contribution in [0.15, 0.2) is 5.38 Å². The fourth-order valence-corrected chi connectivity index (χ4v) is 1.18. The molecule has 0 N–H and O–H groups in total. The average Bonchev–Trinajstić information content (AvgIpc) is 2.37. The molecule has 52 valence electrons. The summed E-state index contributed by atoms with van der Waals surface area (Å²) in [4.78, 5) is 3.99. The van der Waals surface area contributed by atoms with E-state index in [0.717, 1.165) is 5.69 Å². The minimum absolute atomic E-state index is 0.361. The van der Waals surface area contributed by atoms with E-state index in [1.165, 1.54) is 11.3 Å². The Morgan fingerprint density at radius 3 is 3.20 bits per heavy atom. The van der Waals surface area contributed by atoms with Crippen LogP contribution in [0.25, 0.3) is 0 Å². The Hall–Kier alpha value is -1.08. The van der Waals surface area contributed by atoms with Gasteiger partial charge in [-0.15, -0.1) is 0 Å². The molecule has 0 aliphatic heterocycles. The monoisotopic (exact) mass is 154 g/mol. The molecular formula is C6H6N2OS. The van der Waals surface area contributed by atoms with Gasteiger partial charge in [0, 0.05) is 5.38 Å². The number of ether oxygens (including phenoxy) is 1. The van der Waals surface area contributed by atoms with E-state index >= 15 is 0 Å². The molecule has 1 aromatic heterocycles. The van der Waals surface area contributed by atoms with Crippen LogP contribution in [0.1, 0.15) is 5.69 Å². The first-order valence-electron chi connectivity index (χ1n) is 2.72. The molecule has 1 heterocycles. The maximum absolute atomic E-state index is 8.28. The molecule has 0 radical (unpaired) electrons. The first-order valence-corrected chi connectivity index (χ1v) is 3.60. The van der Waals surface area contributed by atoms with Crippen molar-refractivity contribution in [1.82, 2.24) is 4.98 Å². The van der Waals surface area contributed by atoms with Crippen LogP contribution in [-0.2, 0) is 6.42 Å². The maximum atomic E-state index is 8.28. The molecule has 0 atom stereocenters. The van der Waals surface area contributed by atoms with Crippen molar-refractivity contribution < 1.29 is 4.74 Å². The minimum atomic E-state index is 0.361. The van der Waals surface area contributed by atoms with Gasteiger partial charge in [0.1, 0.15) is 0 Å². The van der Waals surface area contributed by atoms with Crippen LogP contribution < -0.4 is 4.74 Å². The first kappa shape index (κ1) is 7.03. The van der Waals surface area contributed by atoms with Crippen molar-refractivity contribution in [3.05, 3.63) is 11.1 Å². The summed E-state index contributed by atoms with van der Waals surface area (Å²) in [5.74, 6) is 0. The Morgan fingerprint density at radius 1 is 1.90 bits per heavy atom. The number of hydrogen-bond donors (Lipinski definition) is 0. The van der Waals surface area contributed by atoms with Gasteiger partial charge in [0.25, 0.3) is 5.19 Å². The number of hydrogen-bond acceptors (Lipinski definition) is 4. The second-order valence-electron chi connectivity index (χ2n) is 1.64. The summed E-state index contributed by atoms with van der Waals surface area (Å²) in [6, 6.07) is 2.01. The number of aromatic nitrogens is 1. The number of nitrogens with zero attached hydrogens (tertiary/aromatic N) is 2. The Bertz CT molecular complexity index is 250. The molecule has 0 saturated carbocycles. The highest BCUT2D eigenvalue weighted by atomic mass is 32.1. The van der Waals surface area contributed by atoms with E-state index in [4.69, 9.17) is 10.00 Å². The molecule has 4 heteroatoms. The molecule has 0 aliphatic carbocycles. The quantitative estimate of drug-likeness (QED) is 0.643. The molecule has 0 bridgehead atoms. The summed E-state index contributed by atoms with van der Waals surface area (Å²) in [5, 5.41) is 10.7. The van der Waals surface area contributed by atoms with Gasteiger partial charge in [-0.05, 0) is 0 Å². The molecule has 10 heavy (non-hydrogen) atoms. The van der Waals surface area contributed by atoms with E-state index in [1.807, 2.05) is 11.4 Å². The number of methoxy groups -OCH3 is 1. The third-order valence-corrected chi connectivity index (χ3v) is 1.81. The fraction of sp³-hybridized carbons (Fsp3) is 0.333. The molecule has 0 aliphatic rings. The van der Waals surface area contributed by atoms with Crippen molar-refractivity contribution in [3.63, 3.8) is 0 Å². The first-order chi connectivity index (χ1) is 4.86. The summed E-state index contributed by atoms with van der Waals surface area (Å²) in [6.07, 6.45) is 0.361. The second-order valence-corrected chi connectivity index (χ2v) is 2.46. The van der Waals surface area contributed by atoms with Gasteiger partial charge >= 0.3 is 0 Å². The lowest BCUT2D eigenvalue weighted by Gasteiger charge is -1.86. The largest absolute Gasteiger partial charge is 0.473 e. The summed E-state index contributed by atoms with van der Waals surface area (Å²) in [6.45, 7) is 0. The predicted molar refractivity (Wildman–Crippen MR) is 38.0 cm³/mol. The minimum Gasteiger partial charge on any atom is -0.473 e. The van der Waals surface area contributed by atoms with Crippen molar-refractivity contribution in [2.24, 2.45) is 0 Å². The van der Waals surface area contributed by atoms with Crippen LogP contribution in [0.3, 0.4) is 0 Å². The molecule has 0 fully saturated rings. The Morgan fingerprint density at radius 2 is 2.70 bits per heavy atom. The van der Waals surface area contributed by atoms with Gasteiger partial charge in [0.15, 0.2) is 0 Å². The fourth-order valence-electron chi connectivity index (χ4n) is 0.544. The maximum Gasteiger partial charge on any atom is 0.273 e. The Labute approximate surface area is 62.9 Å². The average molecular weight is 154 g/mol. The number of nitriles is 1. The zero-order valence-electron chi connectivity index (χ0n) is 5.50. The Balaban J connectivity index is 2.70. The van der Waals surface area contributed by atoms with Crippen molar-refractivity contribution in [3.8, 4) is 11.3 Å². The van der Waals surface area contributed by atoms with Crippen molar-refractivity contribution in [2.45, 2.75) is 6.42 Å². The van der Waals surface area contributed by atoms with E-state index in [2.05, 4.69) is 4.98 Å². The highest BCUT2D eigenvalue weighted by Gasteiger charge is 1.98.